The fraction of sp³-hybridized carbons (Fsp3) is 0.250. The van der Waals surface area contributed by atoms with Crippen LogP contribution in [0.15, 0.2) is 41.3 Å². The summed E-state index contributed by atoms with van der Waals surface area (Å²) in [4.78, 5) is 37.0. The summed E-state index contributed by atoms with van der Waals surface area (Å²) in [6.07, 6.45) is -2.48. The molecule has 0 aliphatic carbocycles. The van der Waals surface area contributed by atoms with Gasteiger partial charge in [-0.3, -0.25) is 9.36 Å². The molecule has 1 saturated heterocycles. The van der Waals surface area contributed by atoms with Crippen molar-refractivity contribution in [3.05, 3.63) is 69.2 Å². The first kappa shape index (κ1) is 21.2. The summed E-state index contributed by atoms with van der Waals surface area (Å²) in [5.41, 5.74) is 0.00570. The van der Waals surface area contributed by atoms with Crippen LogP contribution < -0.4 is 5.69 Å². The number of amides is 1. The van der Waals surface area contributed by atoms with Crippen LogP contribution in [0.25, 0.3) is 16.9 Å². The Balaban J connectivity index is 1.48. The molecule has 1 amide bonds. The number of rotatable bonds is 4. The quantitative estimate of drug-likeness (QED) is 0.455. The molecule has 1 fully saturated rings. The number of H-pyrrole nitrogens is 1. The molecule has 13 heteroatoms. The number of halogens is 4. The van der Waals surface area contributed by atoms with E-state index < -0.39 is 23.5 Å². The SMILES string of the molecule is O=C(c1cc(C(F)(F)F)nn1-c1ccc(Cn2c(=O)[nH]c3cnc(Cl)nc32)cc1)N1CCC1. The van der Waals surface area contributed by atoms with Crippen LogP contribution in [0.5, 0.6) is 0 Å². The van der Waals surface area contributed by atoms with Gasteiger partial charge in [-0.2, -0.15) is 23.3 Å². The lowest BCUT2D eigenvalue weighted by Gasteiger charge is -2.30. The van der Waals surface area contributed by atoms with Crippen LogP contribution in [0.1, 0.15) is 28.2 Å². The van der Waals surface area contributed by atoms with Crippen LogP contribution in [-0.2, 0) is 12.7 Å². The number of aromatic amines is 1. The van der Waals surface area contributed by atoms with Gasteiger partial charge in [0.05, 0.1) is 18.4 Å². The first-order valence-electron chi connectivity index (χ1n) is 9.87. The third-order valence-corrected chi connectivity index (χ3v) is 5.55. The molecule has 33 heavy (non-hydrogen) atoms. The zero-order chi connectivity index (χ0) is 23.3. The van der Waals surface area contributed by atoms with Crippen molar-refractivity contribution in [2.75, 3.05) is 13.1 Å². The average Bonchev–Trinajstić information content (AvgIpc) is 3.30. The first-order valence-corrected chi connectivity index (χ1v) is 10.3. The highest BCUT2D eigenvalue weighted by atomic mass is 35.5. The van der Waals surface area contributed by atoms with Crippen molar-refractivity contribution in [1.82, 2.24) is 34.2 Å². The van der Waals surface area contributed by atoms with Gasteiger partial charge in [0.25, 0.3) is 5.91 Å². The number of hydrogen-bond acceptors (Lipinski definition) is 5. The average molecular weight is 478 g/mol. The predicted molar refractivity (Wildman–Crippen MR) is 111 cm³/mol. The minimum absolute atomic E-state index is 0.0100. The fourth-order valence-corrected chi connectivity index (χ4v) is 3.68. The van der Waals surface area contributed by atoms with E-state index >= 15 is 0 Å². The second-order valence-corrected chi connectivity index (χ2v) is 7.87. The van der Waals surface area contributed by atoms with Gasteiger partial charge in [0.1, 0.15) is 11.2 Å². The van der Waals surface area contributed by atoms with E-state index in [0.717, 1.165) is 17.2 Å². The smallest absolute Gasteiger partial charge is 0.337 e. The number of aromatic nitrogens is 6. The summed E-state index contributed by atoms with van der Waals surface area (Å²) in [7, 11) is 0. The highest BCUT2D eigenvalue weighted by molar-refractivity contribution is 6.28. The number of fused-ring (bicyclic) bond motifs is 1. The van der Waals surface area contributed by atoms with E-state index in [1.165, 1.54) is 27.8 Å². The summed E-state index contributed by atoms with van der Waals surface area (Å²) < 4.78 is 42.2. The van der Waals surface area contributed by atoms with Gasteiger partial charge in [0.2, 0.25) is 5.28 Å². The highest BCUT2D eigenvalue weighted by Gasteiger charge is 2.37. The number of benzene rings is 1. The van der Waals surface area contributed by atoms with Crippen LogP contribution in [-0.4, -0.2) is 53.2 Å². The molecule has 0 radical (unpaired) electrons. The van der Waals surface area contributed by atoms with Gasteiger partial charge in [-0.25, -0.2) is 14.5 Å². The molecule has 0 saturated carbocycles. The minimum atomic E-state index is -4.69. The van der Waals surface area contributed by atoms with Crippen molar-refractivity contribution in [1.29, 1.82) is 0 Å². The molecule has 0 unspecified atom stereocenters. The lowest BCUT2D eigenvalue weighted by molar-refractivity contribution is -0.141. The number of nitrogens with zero attached hydrogens (tertiary/aromatic N) is 6. The molecular weight excluding hydrogens is 463 g/mol. The number of likely N-dealkylation sites (tertiary alicyclic amines) is 1. The Labute approximate surface area is 188 Å². The van der Waals surface area contributed by atoms with Gasteiger partial charge in [-0.1, -0.05) is 12.1 Å². The van der Waals surface area contributed by atoms with E-state index in [1.807, 2.05) is 0 Å². The van der Waals surface area contributed by atoms with Crippen molar-refractivity contribution in [3.8, 4) is 5.69 Å². The number of imidazole rings is 1. The van der Waals surface area contributed by atoms with Gasteiger partial charge < -0.3 is 9.88 Å². The second-order valence-electron chi connectivity index (χ2n) is 7.53. The summed E-state index contributed by atoms with van der Waals surface area (Å²) in [6, 6.07) is 7.12. The molecule has 0 spiro atoms. The van der Waals surface area contributed by atoms with E-state index in [2.05, 4.69) is 20.1 Å². The van der Waals surface area contributed by atoms with Crippen LogP contribution in [0.2, 0.25) is 5.28 Å². The largest absolute Gasteiger partial charge is 0.435 e. The maximum Gasteiger partial charge on any atom is 0.435 e. The third kappa shape index (κ3) is 3.86. The Kier molecular flexibility index (Phi) is 4.96. The lowest BCUT2D eigenvalue weighted by atomic mass is 10.2. The lowest BCUT2D eigenvalue weighted by Crippen LogP contribution is -2.42. The van der Waals surface area contributed by atoms with Crippen LogP contribution >= 0.6 is 11.6 Å². The topological polar surface area (TPSA) is 102 Å². The molecule has 170 valence electrons. The zero-order valence-corrected chi connectivity index (χ0v) is 17.6. The molecule has 4 heterocycles. The second kappa shape index (κ2) is 7.73. The van der Waals surface area contributed by atoms with E-state index in [4.69, 9.17) is 11.6 Å². The highest BCUT2D eigenvalue weighted by Crippen LogP contribution is 2.30. The zero-order valence-electron chi connectivity index (χ0n) is 16.8. The monoisotopic (exact) mass is 477 g/mol. The van der Waals surface area contributed by atoms with E-state index in [1.54, 1.807) is 12.1 Å². The molecule has 0 bridgehead atoms. The van der Waals surface area contributed by atoms with Gasteiger partial charge >= 0.3 is 11.9 Å². The standard InChI is InChI=1S/C20H15ClF3N7O2/c21-18-25-9-13-16(27-18)30(19(33)26-13)10-11-2-4-12(5-3-11)31-14(17(32)29-6-1-7-29)8-15(28-31)20(22,23)24/h2-5,8-9H,1,6-7,10H2,(H,26,33). The summed E-state index contributed by atoms with van der Waals surface area (Å²) >= 11 is 5.83. The number of carbonyl (C=O) groups excluding carboxylic acids is 1. The number of hydrogen-bond donors (Lipinski definition) is 1. The van der Waals surface area contributed by atoms with E-state index in [-0.39, 0.29) is 23.2 Å². The van der Waals surface area contributed by atoms with Gasteiger partial charge in [-0.15, -0.1) is 0 Å². The molecule has 3 aromatic heterocycles. The molecule has 5 rings (SSSR count). The van der Waals surface area contributed by atoms with Crippen molar-refractivity contribution in [2.45, 2.75) is 19.1 Å². The molecule has 1 aliphatic heterocycles. The van der Waals surface area contributed by atoms with Crippen molar-refractivity contribution in [3.63, 3.8) is 0 Å². The predicted octanol–water partition coefficient (Wildman–Crippen LogP) is 2.87. The molecule has 1 aromatic carbocycles. The van der Waals surface area contributed by atoms with Gasteiger partial charge in [-0.05, 0) is 35.7 Å². The Morgan fingerprint density at radius 2 is 1.91 bits per heavy atom. The maximum atomic E-state index is 13.3. The minimum Gasteiger partial charge on any atom is -0.337 e. The summed E-state index contributed by atoms with van der Waals surface area (Å²) in [5.74, 6) is -0.504. The van der Waals surface area contributed by atoms with Gasteiger partial charge in [0, 0.05) is 19.2 Å². The molecule has 9 nitrogen and oxygen atoms in total. The Morgan fingerprint density at radius 1 is 1.18 bits per heavy atom. The summed E-state index contributed by atoms with van der Waals surface area (Å²) in [5, 5.41) is 3.63. The van der Waals surface area contributed by atoms with Crippen molar-refractivity contribution >= 4 is 28.7 Å². The number of carbonyl (C=O) groups is 1. The maximum absolute atomic E-state index is 13.3. The van der Waals surface area contributed by atoms with E-state index in [9.17, 15) is 22.8 Å². The van der Waals surface area contributed by atoms with Crippen molar-refractivity contribution < 1.29 is 18.0 Å². The van der Waals surface area contributed by atoms with Gasteiger partial charge in [0.15, 0.2) is 11.3 Å². The number of nitrogens with one attached hydrogen (secondary N) is 1. The van der Waals surface area contributed by atoms with Crippen molar-refractivity contribution in [2.24, 2.45) is 0 Å². The summed E-state index contributed by atoms with van der Waals surface area (Å²) in [6.45, 7) is 1.13. The van der Waals surface area contributed by atoms with Crippen LogP contribution in [0.4, 0.5) is 13.2 Å². The Hall–Kier alpha value is -3.67. The molecular formula is C20H15ClF3N7O2. The molecule has 0 atom stereocenters. The molecule has 4 aromatic rings. The first-order chi connectivity index (χ1) is 15.7. The molecule has 1 N–H and O–H groups in total. The van der Waals surface area contributed by atoms with E-state index in [0.29, 0.717) is 29.8 Å². The normalized spacial score (nSPS) is 14.0. The van der Waals surface area contributed by atoms with Crippen LogP contribution in [0, 0.1) is 0 Å². The Bertz CT molecular complexity index is 1420. The fourth-order valence-electron chi connectivity index (χ4n) is 3.55. The van der Waals surface area contributed by atoms with Crippen LogP contribution in [0.3, 0.4) is 0 Å². The Morgan fingerprint density at radius 3 is 2.55 bits per heavy atom. The third-order valence-electron chi connectivity index (χ3n) is 5.37. The molecule has 1 aliphatic rings. The number of alkyl halides is 3.